The van der Waals surface area contributed by atoms with Gasteiger partial charge in [-0.2, -0.15) is 0 Å². The van der Waals surface area contributed by atoms with E-state index in [-0.39, 0.29) is 45.6 Å². The molecule has 7 heteroatoms. The molecule has 170 valence electrons. The molecule has 6 nitrogen and oxygen atoms in total. The molecule has 3 saturated heterocycles. The van der Waals surface area contributed by atoms with Crippen LogP contribution in [0.25, 0.3) is 0 Å². The molecule has 5 aliphatic rings. The number of hydrogen-bond donors (Lipinski definition) is 0. The minimum atomic E-state index is -0.250. The van der Waals surface area contributed by atoms with Crippen molar-refractivity contribution in [2.24, 2.45) is 23.7 Å². The van der Waals surface area contributed by atoms with Crippen LogP contribution in [0.4, 0.5) is 4.79 Å². The standard InChI is InChI=1S/C23H36INO5/c1-13-10-15(14(13)2)11-17-22(3,30-17)20-19(27-4)16(7-8-23(20)12-28-23)29-21(26)25-9-5-6-18(25)24/h13-20H,5-12H2,1-4H3/t13?,14-,15?,16?,17?,18?,19?,20?,22?,23?/m0/s1. The quantitative estimate of drug-likeness (QED) is 0.227. The van der Waals surface area contributed by atoms with Crippen LogP contribution in [0, 0.1) is 23.7 Å². The number of amides is 1. The summed E-state index contributed by atoms with van der Waals surface area (Å²) in [5, 5.41) is 0. The van der Waals surface area contributed by atoms with Gasteiger partial charge in [-0.1, -0.05) is 36.4 Å². The summed E-state index contributed by atoms with van der Waals surface area (Å²) in [7, 11) is 1.74. The van der Waals surface area contributed by atoms with Crippen LogP contribution in [0.5, 0.6) is 0 Å². The maximum absolute atomic E-state index is 12.8. The van der Waals surface area contributed by atoms with Gasteiger partial charge in [0.15, 0.2) is 0 Å². The average Bonchev–Trinajstić information content (AvgIpc) is 3.58. The predicted molar refractivity (Wildman–Crippen MR) is 121 cm³/mol. The summed E-state index contributed by atoms with van der Waals surface area (Å²) in [5.41, 5.74) is -0.411. The Morgan fingerprint density at radius 1 is 1.30 bits per heavy atom. The van der Waals surface area contributed by atoms with Gasteiger partial charge in [0, 0.05) is 13.7 Å². The Kier molecular flexibility index (Phi) is 5.60. The number of nitrogens with zero attached hydrogens (tertiary/aromatic N) is 1. The van der Waals surface area contributed by atoms with Crippen molar-refractivity contribution in [2.75, 3.05) is 20.3 Å². The number of alkyl halides is 1. The molecule has 10 atom stereocenters. The molecule has 0 N–H and O–H groups in total. The third-order valence-corrected chi connectivity index (χ3v) is 10.3. The van der Waals surface area contributed by atoms with E-state index >= 15 is 0 Å². The van der Waals surface area contributed by atoms with Gasteiger partial charge in [0.2, 0.25) is 0 Å². The summed E-state index contributed by atoms with van der Waals surface area (Å²) >= 11 is 2.34. The van der Waals surface area contributed by atoms with E-state index < -0.39 is 0 Å². The highest BCUT2D eigenvalue weighted by molar-refractivity contribution is 14.1. The first-order valence-electron chi connectivity index (χ1n) is 11.7. The number of ether oxygens (including phenoxy) is 4. The van der Waals surface area contributed by atoms with Crippen molar-refractivity contribution in [3.8, 4) is 0 Å². The number of epoxide rings is 2. The van der Waals surface area contributed by atoms with E-state index in [0.29, 0.717) is 0 Å². The Morgan fingerprint density at radius 2 is 2.07 bits per heavy atom. The van der Waals surface area contributed by atoms with Crippen molar-refractivity contribution in [1.82, 2.24) is 4.90 Å². The van der Waals surface area contributed by atoms with Crippen LogP contribution >= 0.6 is 22.6 Å². The lowest BCUT2D eigenvalue weighted by molar-refractivity contribution is -0.121. The lowest BCUT2D eigenvalue weighted by Gasteiger charge is -2.44. The maximum Gasteiger partial charge on any atom is 0.410 e. The van der Waals surface area contributed by atoms with Gasteiger partial charge in [-0.15, -0.1) is 0 Å². The summed E-state index contributed by atoms with van der Waals surface area (Å²) in [6.45, 7) is 8.51. The molecule has 0 bridgehead atoms. The fraction of sp³-hybridized carbons (Fsp3) is 0.957. The Hall–Kier alpha value is -0.120. The minimum Gasteiger partial charge on any atom is -0.443 e. The molecule has 1 amide bonds. The monoisotopic (exact) mass is 533 g/mol. The van der Waals surface area contributed by atoms with Gasteiger partial charge < -0.3 is 18.9 Å². The second-order valence-corrected chi connectivity index (χ2v) is 12.1. The summed E-state index contributed by atoms with van der Waals surface area (Å²) in [6, 6.07) is 0. The van der Waals surface area contributed by atoms with Gasteiger partial charge in [0.1, 0.15) is 23.4 Å². The van der Waals surface area contributed by atoms with Crippen molar-refractivity contribution in [1.29, 1.82) is 0 Å². The van der Waals surface area contributed by atoms with Crippen molar-refractivity contribution in [3.05, 3.63) is 0 Å². The van der Waals surface area contributed by atoms with Gasteiger partial charge in [0.25, 0.3) is 0 Å². The molecule has 0 aromatic carbocycles. The van der Waals surface area contributed by atoms with Crippen LogP contribution in [-0.2, 0) is 18.9 Å². The van der Waals surface area contributed by atoms with Crippen LogP contribution in [0.15, 0.2) is 0 Å². The first kappa shape index (κ1) is 21.7. The van der Waals surface area contributed by atoms with E-state index in [1.54, 1.807) is 7.11 Å². The Bertz CT molecular complexity index is 687. The molecule has 30 heavy (non-hydrogen) atoms. The zero-order valence-electron chi connectivity index (χ0n) is 18.6. The molecule has 0 aromatic rings. The van der Waals surface area contributed by atoms with E-state index in [1.807, 2.05) is 4.90 Å². The van der Waals surface area contributed by atoms with Crippen molar-refractivity contribution >= 4 is 28.7 Å². The molecule has 3 heterocycles. The van der Waals surface area contributed by atoms with E-state index in [0.717, 1.165) is 63.0 Å². The Balaban J connectivity index is 1.29. The van der Waals surface area contributed by atoms with Crippen molar-refractivity contribution in [3.63, 3.8) is 0 Å². The Labute approximate surface area is 193 Å². The summed E-state index contributed by atoms with van der Waals surface area (Å²) in [5.74, 6) is 2.48. The molecule has 9 unspecified atom stereocenters. The van der Waals surface area contributed by atoms with Crippen LogP contribution < -0.4 is 0 Å². The highest BCUT2D eigenvalue weighted by Gasteiger charge is 2.72. The minimum absolute atomic E-state index is 0.105. The predicted octanol–water partition coefficient (Wildman–Crippen LogP) is 4.38. The van der Waals surface area contributed by atoms with Crippen LogP contribution in [0.1, 0.15) is 59.3 Å². The van der Waals surface area contributed by atoms with Gasteiger partial charge in [-0.3, -0.25) is 4.90 Å². The van der Waals surface area contributed by atoms with Crippen LogP contribution in [0.3, 0.4) is 0 Å². The average molecular weight is 533 g/mol. The number of methoxy groups -OCH3 is 1. The number of carbonyl (C=O) groups is 1. The second kappa shape index (κ2) is 7.73. The largest absolute Gasteiger partial charge is 0.443 e. The SMILES string of the molecule is COC1C(OC(=O)N2CCCC2I)CCC2(CO2)C1C1(C)OC1CC1CC(C)[C@@H]1C. The Morgan fingerprint density at radius 3 is 2.63 bits per heavy atom. The van der Waals surface area contributed by atoms with Crippen molar-refractivity contribution in [2.45, 2.75) is 92.9 Å². The van der Waals surface area contributed by atoms with Crippen LogP contribution in [-0.4, -0.2) is 64.8 Å². The normalized spacial score (nSPS) is 52.2. The molecule has 1 spiro atoms. The second-order valence-electron chi connectivity index (χ2n) is 10.6. The fourth-order valence-corrected chi connectivity index (χ4v) is 7.56. The zero-order chi connectivity index (χ0) is 21.3. The molecule has 2 aliphatic carbocycles. The van der Waals surface area contributed by atoms with Gasteiger partial charge in [-0.25, -0.2) is 4.79 Å². The van der Waals surface area contributed by atoms with E-state index in [1.165, 1.54) is 6.42 Å². The molecule has 0 aromatic heterocycles. The van der Waals surface area contributed by atoms with E-state index in [4.69, 9.17) is 18.9 Å². The lowest BCUT2D eigenvalue weighted by Crippen LogP contribution is -2.56. The maximum atomic E-state index is 12.8. The molecule has 0 radical (unpaired) electrons. The summed E-state index contributed by atoms with van der Waals surface area (Å²) in [6.07, 6.45) is 5.86. The van der Waals surface area contributed by atoms with E-state index in [2.05, 4.69) is 43.4 Å². The molecule has 5 fully saturated rings. The molecule has 3 aliphatic heterocycles. The first-order chi connectivity index (χ1) is 14.3. The third kappa shape index (κ3) is 3.50. The summed E-state index contributed by atoms with van der Waals surface area (Å²) in [4.78, 5) is 14.7. The number of likely N-dealkylation sites (tertiary alicyclic amines) is 1. The number of carbonyl (C=O) groups excluding carboxylic acids is 1. The van der Waals surface area contributed by atoms with E-state index in [9.17, 15) is 4.79 Å². The van der Waals surface area contributed by atoms with Gasteiger partial charge in [-0.05, 0) is 63.2 Å². The lowest BCUT2D eigenvalue weighted by atomic mass is 9.63. The third-order valence-electron chi connectivity index (χ3n) is 9.00. The highest BCUT2D eigenvalue weighted by atomic mass is 127. The number of hydrogen-bond acceptors (Lipinski definition) is 5. The first-order valence-corrected chi connectivity index (χ1v) is 13.0. The smallest absolute Gasteiger partial charge is 0.410 e. The molecular weight excluding hydrogens is 497 g/mol. The number of rotatable bonds is 5. The molecule has 2 saturated carbocycles. The fourth-order valence-electron chi connectivity index (χ4n) is 6.62. The van der Waals surface area contributed by atoms with Gasteiger partial charge >= 0.3 is 6.09 Å². The number of halogens is 1. The topological polar surface area (TPSA) is 63.8 Å². The van der Waals surface area contributed by atoms with Gasteiger partial charge in [0.05, 0.1) is 22.7 Å². The zero-order valence-corrected chi connectivity index (χ0v) is 20.8. The summed E-state index contributed by atoms with van der Waals surface area (Å²) < 4.78 is 24.7. The van der Waals surface area contributed by atoms with Crippen LogP contribution in [0.2, 0.25) is 0 Å². The highest BCUT2D eigenvalue weighted by Crippen LogP contribution is 2.61. The molecular formula is C23H36INO5. The molecule has 5 rings (SSSR count). The van der Waals surface area contributed by atoms with Crippen molar-refractivity contribution < 1.29 is 23.7 Å².